The minimum absolute atomic E-state index is 0.0203. The Kier molecular flexibility index (Phi) is 4.23. The lowest BCUT2D eigenvalue weighted by Gasteiger charge is -2.09. The zero-order valence-corrected chi connectivity index (χ0v) is 12.5. The number of nitro groups is 1. The van der Waals surface area contributed by atoms with E-state index in [1.54, 1.807) is 25.1 Å². The second-order valence-electron chi connectivity index (χ2n) is 4.44. The molecule has 0 saturated heterocycles. The predicted octanol–water partition coefficient (Wildman–Crippen LogP) is 4.11. The molecule has 21 heavy (non-hydrogen) atoms. The SMILES string of the molecule is Cc1cc(Nc2ccc(Br)c(C(=O)O)c2)cc([N+](=O)[O-])c1. The third-order valence-electron chi connectivity index (χ3n) is 2.76. The third kappa shape index (κ3) is 3.57. The number of halogens is 1. The van der Waals surface area contributed by atoms with Gasteiger partial charge >= 0.3 is 5.97 Å². The summed E-state index contributed by atoms with van der Waals surface area (Å²) in [5.41, 5.74) is 1.90. The van der Waals surface area contributed by atoms with Crippen LogP contribution < -0.4 is 5.32 Å². The Labute approximate surface area is 128 Å². The quantitative estimate of drug-likeness (QED) is 0.639. The van der Waals surface area contributed by atoms with Gasteiger partial charge in [0.15, 0.2) is 0 Å². The van der Waals surface area contributed by atoms with Gasteiger partial charge in [-0.05, 0) is 52.7 Å². The van der Waals surface area contributed by atoms with E-state index in [1.165, 1.54) is 18.2 Å². The van der Waals surface area contributed by atoms with Crippen molar-refractivity contribution in [1.29, 1.82) is 0 Å². The summed E-state index contributed by atoms with van der Waals surface area (Å²) < 4.78 is 0.468. The first-order valence-electron chi connectivity index (χ1n) is 5.93. The number of hydrogen-bond donors (Lipinski definition) is 2. The maximum Gasteiger partial charge on any atom is 0.336 e. The lowest BCUT2D eigenvalue weighted by atomic mass is 10.1. The maximum absolute atomic E-state index is 11.1. The zero-order valence-electron chi connectivity index (χ0n) is 11.0. The molecule has 0 aliphatic carbocycles. The van der Waals surface area contributed by atoms with Crippen LogP contribution in [0.5, 0.6) is 0 Å². The van der Waals surface area contributed by atoms with Crippen LogP contribution in [0.15, 0.2) is 40.9 Å². The molecule has 2 aromatic rings. The molecule has 2 N–H and O–H groups in total. The number of carboxylic acid groups (broad SMARTS) is 1. The maximum atomic E-state index is 11.1. The number of nitrogens with zero attached hydrogens (tertiary/aromatic N) is 1. The van der Waals surface area contributed by atoms with Crippen molar-refractivity contribution in [2.75, 3.05) is 5.32 Å². The molecule has 0 saturated carbocycles. The number of benzene rings is 2. The van der Waals surface area contributed by atoms with Crippen LogP contribution in [0.1, 0.15) is 15.9 Å². The van der Waals surface area contributed by atoms with Gasteiger partial charge in [0.05, 0.1) is 10.5 Å². The minimum Gasteiger partial charge on any atom is -0.478 e. The monoisotopic (exact) mass is 350 g/mol. The Bertz CT molecular complexity index is 731. The van der Waals surface area contributed by atoms with Crippen molar-refractivity contribution in [3.05, 3.63) is 62.1 Å². The summed E-state index contributed by atoms with van der Waals surface area (Å²) in [5, 5.41) is 22.9. The van der Waals surface area contributed by atoms with E-state index in [0.29, 0.717) is 15.8 Å². The van der Waals surface area contributed by atoms with Gasteiger partial charge in [0, 0.05) is 28.0 Å². The van der Waals surface area contributed by atoms with Crippen LogP contribution >= 0.6 is 15.9 Å². The number of non-ortho nitro benzene ring substituents is 1. The molecule has 0 fully saturated rings. The van der Waals surface area contributed by atoms with E-state index >= 15 is 0 Å². The number of aryl methyl sites for hydroxylation is 1. The molecule has 0 amide bonds. The summed E-state index contributed by atoms with van der Waals surface area (Å²) in [4.78, 5) is 21.4. The Morgan fingerprint density at radius 1 is 1.24 bits per heavy atom. The van der Waals surface area contributed by atoms with Crippen LogP contribution in [0, 0.1) is 17.0 Å². The molecule has 0 bridgehead atoms. The van der Waals surface area contributed by atoms with E-state index in [2.05, 4.69) is 21.2 Å². The smallest absolute Gasteiger partial charge is 0.336 e. The molecule has 108 valence electrons. The van der Waals surface area contributed by atoms with Gasteiger partial charge in [0.1, 0.15) is 0 Å². The second kappa shape index (κ2) is 5.92. The van der Waals surface area contributed by atoms with Crippen LogP contribution in [-0.4, -0.2) is 16.0 Å². The van der Waals surface area contributed by atoms with Gasteiger partial charge in [-0.15, -0.1) is 0 Å². The highest BCUT2D eigenvalue weighted by molar-refractivity contribution is 9.10. The molecule has 0 aliphatic rings. The van der Waals surface area contributed by atoms with Crippen molar-refractivity contribution in [2.45, 2.75) is 6.92 Å². The van der Waals surface area contributed by atoms with Crippen molar-refractivity contribution >= 4 is 39.0 Å². The van der Waals surface area contributed by atoms with Crippen molar-refractivity contribution < 1.29 is 14.8 Å². The number of nitrogens with one attached hydrogen (secondary N) is 1. The lowest BCUT2D eigenvalue weighted by Crippen LogP contribution is -2.00. The Morgan fingerprint density at radius 2 is 1.95 bits per heavy atom. The molecular formula is C14H11BrN2O4. The lowest BCUT2D eigenvalue weighted by molar-refractivity contribution is -0.384. The first-order chi connectivity index (χ1) is 9.86. The fourth-order valence-electron chi connectivity index (χ4n) is 1.87. The number of rotatable bonds is 4. The van der Waals surface area contributed by atoms with Crippen molar-refractivity contribution in [3.8, 4) is 0 Å². The van der Waals surface area contributed by atoms with Gasteiger partial charge in [-0.2, -0.15) is 0 Å². The zero-order chi connectivity index (χ0) is 15.6. The summed E-state index contributed by atoms with van der Waals surface area (Å²) in [6.45, 7) is 1.75. The fraction of sp³-hybridized carbons (Fsp3) is 0.0714. The topological polar surface area (TPSA) is 92.5 Å². The summed E-state index contributed by atoms with van der Waals surface area (Å²) >= 11 is 3.16. The summed E-state index contributed by atoms with van der Waals surface area (Å²) in [6, 6.07) is 9.36. The normalized spacial score (nSPS) is 10.2. The van der Waals surface area contributed by atoms with Crippen LogP contribution in [-0.2, 0) is 0 Å². The van der Waals surface area contributed by atoms with E-state index in [4.69, 9.17) is 5.11 Å². The van der Waals surface area contributed by atoms with Crippen molar-refractivity contribution in [1.82, 2.24) is 0 Å². The Morgan fingerprint density at radius 3 is 2.57 bits per heavy atom. The summed E-state index contributed by atoms with van der Waals surface area (Å²) in [5.74, 6) is -1.05. The summed E-state index contributed by atoms with van der Waals surface area (Å²) in [7, 11) is 0. The van der Waals surface area contributed by atoms with E-state index in [-0.39, 0.29) is 11.3 Å². The number of carbonyl (C=O) groups is 1. The van der Waals surface area contributed by atoms with E-state index in [1.807, 2.05) is 0 Å². The van der Waals surface area contributed by atoms with Crippen LogP contribution in [0.3, 0.4) is 0 Å². The van der Waals surface area contributed by atoms with Gasteiger partial charge in [-0.1, -0.05) is 0 Å². The highest BCUT2D eigenvalue weighted by Gasteiger charge is 2.11. The van der Waals surface area contributed by atoms with Crippen LogP contribution in [0.2, 0.25) is 0 Å². The number of hydrogen-bond acceptors (Lipinski definition) is 4. The molecule has 6 nitrogen and oxygen atoms in total. The van der Waals surface area contributed by atoms with Gasteiger partial charge in [0.25, 0.3) is 5.69 Å². The second-order valence-corrected chi connectivity index (χ2v) is 5.29. The molecule has 0 aliphatic heterocycles. The predicted molar refractivity (Wildman–Crippen MR) is 82.2 cm³/mol. The van der Waals surface area contributed by atoms with Gasteiger partial charge in [0.2, 0.25) is 0 Å². The van der Waals surface area contributed by atoms with Crippen LogP contribution in [0.4, 0.5) is 17.1 Å². The molecule has 2 rings (SSSR count). The molecule has 0 unspecified atom stereocenters. The minimum atomic E-state index is -1.05. The molecular weight excluding hydrogens is 340 g/mol. The number of aromatic carboxylic acids is 1. The average Bonchev–Trinajstić information content (AvgIpc) is 2.40. The summed E-state index contributed by atoms with van der Waals surface area (Å²) in [6.07, 6.45) is 0. The Hall–Kier alpha value is -2.41. The molecule has 0 radical (unpaired) electrons. The number of nitro benzene ring substituents is 1. The standard InChI is InChI=1S/C14H11BrN2O4/c1-8-4-10(6-11(5-8)17(20)21)16-9-2-3-13(15)12(7-9)14(18)19/h2-7,16H,1H3,(H,18,19). The van der Waals surface area contributed by atoms with Gasteiger partial charge in [-0.3, -0.25) is 10.1 Å². The van der Waals surface area contributed by atoms with Crippen LogP contribution in [0.25, 0.3) is 0 Å². The highest BCUT2D eigenvalue weighted by Crippen LogP contribution is 2.26. The third-order valence-corrected chi connectivity index (χ3v) is 3.45. The molecule has 2 aromatic carbocycles. The number of carboxylic acids is 1. The molecule has 7 heteroatoms. The Balaban J connectivity index is 2.36. The van der Waals surface area contributed by atoms with Gasteiger partial charge in [-0.25, -0.2) is 4.79 Å². The first-order valence-corrected chi connectivity index (χ1v) is 6.72. The van der Waals surface area contributed by atoms with Crippen molar-refractivity contribution in [3.63, 3.8) is 0 Å². The van der Waals surface area contributed by atoms with Crippen molar-refractivity contribution in [2.24, 2.45) is 0 Å². The first kappa shape index (κ1) is 15.0. The van der Waals surface area contributed by atoms with E-state index < -0.39 is 10.9 Å². The largest absolute Gasteiger partial charge is 0.478 e. The molecule has 0 atom stereocenters. The molecule has 0 aromatic heterocycles. The highest BCUT2D eigenvalue weighted by atomic mass is 79.9. The van der Waals surface area contributed by atoms with E-state index in [9.17, 15) is 14.9 Å². The number of anilines is 2. The van der Waals surface area contributed by atoms with Gasteiger partial charge < -0.3 is 10.4 Å². The fourth-order valence-corrected chi connectivity index (χ4v) is 2.29. The molecule has 0 spiro atoms. The average molecular weight is 351 g/mol. The molecule has 0 heterocycles. The van der Waals surface area contributed by atoms with E-state index in [0.717, 1.165) is 5.56 Å².